The molecule has 1 fully saturated rings. The van der Waals surface area contributed by atoms with E-state index in [-0.39, 0.29) is 11.6 Å². The summed E-state index contributed by atoms with van der Waals surface area (Å²) in [4.78, 5) is 33.5. The lowest BCUT2D eigenvalue weighted by Gasteiger charge is -2.35. The minimum Gasteiger partial charge on any atom is -0.353 e. The molecule has 0 aliphatic carbocycles. The quantitative estimate of drug-likeness (QED) is 0.442. The smallest absolute Gasteiger partial charge is 0.287 e. The molecule has 0 bridgehead atoms. The molecule has 8 nitrogen and oxygen atoms in total. The molecule has 0 N–H and O–H groups in total. The van der Waals surface area contributed by atoms with Crippen molar-refractivity contribution >= 4 is 40.5 Å². The number of amides is 1. The molecular weight excluding hydrogens is 434 g/mol. The second-order valence-corrected chi connectivity index (χ2v) is 9.68. The van der Waals surface area contributed by atoms with Crippen molar-refractivity contribution in [3.05, 3.63) is 69.0 Å². The predicted molar refractivity (Wildman–Crippen MR) is 123 cm³/mol. The third-order valence-corrected chi connectivity index (χ3v) is 8.10. The fourth-order valence-electron chi connectivity index (χ4n) is 4.06. The van der Waals surface area contributed by atoms with Crippen LogP contribution >= 0.6 is 23.1 Å². The fourth-order valence-corrected chi connectivity index (χ4v) is 6.50. The van der Waals surface area contributed by atoms with E-state index in [1.54, 1.807) is 17.4 Å². The highest BCUT2D eigenvalue weighted by molar-refractivity contribution is 7.98. The number of hydrogen-bond donors (Lipinski definition) is 0. The van der Waals surface area contributed by atoms with Gasteiger partial charge in [-0.2, -0.15) is 11.8 Å². The van der Waals surface area contributed by atoms with E-state index in [1.807, 2.05) is 41.2 Å². The Morgan fingerprint density at radius 2 is 1.90 bits per heavy atom. The Balaban J connectivity index is 1.35. The molecule has 10 heteroatoms. The number of nitrogens with zero attached hydrogens (tertiary/aromatic N) is 5. The first-order valence-electron chi connectivity index (χ1n) is 10.1. The van der Waals surface area contributed by atoms with Gasteiger partial charge in [0.05, 0.1) is 10.5 Å². The molecule has 0 aromatic carbocycles. The molecule has 5 rings (SSSR count). The van der Waals surface area contributed by atoms with E-state index in [0.29, 0.717) is 32.0 Å². The third kappa shape index (κ3) is 3.81. The molecule has 0 spiro atoms. The largest absolute Gasteiger partial charge is 0.353 e. The molecule has 5 heterocycles. The lowest BCUT2D eigenvalue weighted by atomic mass is 10.1. The molecule has 2 aliphatic rings. The summed E-state index contributed by atoms with van der Waals surface area (Å²) in [5.41, 5.74) is 2.06. The first-order chi connectivity index (χ1) is 15.1. The standard InChI is InChI=1S/C21H21N5O3S2/c27-20(19-16-5-12-30-14-17(16)31-21(19)25-6-1-2-7-25)24-10-8-23(9-11-24)18-4-3-15(13-22-18)26(28)29/h1-4,6-7,13H,5,8-12,14H2. The van der Waals surface area contributed by atoms with Crippen LogP contribution in [0.4, 0.5) is 11.5 Å². The Morgan fingerprint density at radius 3 is 2.58 bits per heavy atom. The van der Waals surface area contributed by atoms with Gasteiger partial charge in [0.2, 0.25) is 0 Å². The van der Waals surface area contributed by atoms with E-state index in [9.17, 15) is 14.9 Å². The summed E-state index contributed by atoms with van der Waals surface area (Å²) in [6.45, 7) is 2.50. The Kier molecular flexibility index (Phi) is 5.41. The highest BCUT2D eigenvalue weighted by Crippen LogP contribution is 2.39. The highest BCUT2D eigenvalue weighted by Gasteiger charge is 2.31. The van der Waals surface area contributed by atoms with Crippen LogP contribution in [-0.2, 0) is 12.2 Å². The second-order valence-electron chi connectivity index (χ2n) is 7.49. The number of hydrogen-bond acceptors (Lipinski definition) is 7. The number of piperazine rings is 1. The van der Waals surface area contributed by atoms with Crippen LogP contribution in [0.3, 0.4) is 0 Å². The molecule has 31 heavy (non-hydrogen) atoms. The highest BCUT2D eigenvalue weighted by atomic mass is 32.2. The van der Waals surface area contributed by atoms with Crippen molar-refractivity contribution in [1.82, 2.24) is 14.5 Å². The van der Waals surface area contributed by atoms with Crippen molar-refractivity contribution in [3.8, 4) is 5.00 Å². The van der Waals surface area contributed by atoms with Crippen molar-refractivity contribution in [3.63, 3.8) is 0 Å². The van der Waals surface area contributed by atoms with E-state index >= 15 is 0 Å². The van der Waals surface area contributed by atoms with E-state index < -0.39 is 4.92 Å². The van der Waals surface area contributed by atoms with Gasteiger partial charge in [-0.25, -0.2) is 4.98 Å². The van der Waals surface area contributed by atoms with Crippen molar-refractivity contribution in [2.75, 3.05) is 36.8 Å². The van der Waals surface area contributed by atoms with Crippen LogP contribution in [0.1, 0.15) is 20.8 Å². The van der Waals surface area contributed by atoms with Gasteiger partial charge in [0.25, 0.3) is 11.6 Å². The van der Waals surface area contributed by atoms with Gasteiger partial charge < -0.3 is 14.4 Å². The number of thiophene rings is 1. The topological polar surface area (TPSA) is 84.5 Å². The Bertz CT molecular complexity index is 1100. The number of rotatable bonds is 4. The van der Waals surface area contributed by atoms with Gasteiger partial charge in [-0.05, 0) is 35.9 Å². The molecule has 3 aromatic rings. The number of nitro groups is 1. The van der Waals surface area contributed by atoms with Crippen LogP contribution in [0.2, 0.25) is 0 Å². The summed E-state index contributed by atoms with van der Waals surface area (Å²) in [5, 5.41) is 11.9. The van der Waals surface area contributed by atoms with Gasteiger partial charge in [0, 0.05) is 55.3 Å². The average Bonchev–Trinajstić information content (AvgIpc) is 3.46. The summed E-state index contributed by atoms with van der Waals surface area (Å²) < 4.78 is 2.05. The number of fused-ring (bicyclic) bond motifs is 1. The molecule has 2 aliphatic heterocycles. The van der Waals surface area contributed by atoms with E-state index in [4.69, 9.17) is 0 Å². The van der Waals surface area contributed by atoms with Crippen LogP contribution in [0.25, 0.3) is 5.00 Å². The minimum absolute atomic E-state index is 0.0181. The van der Waals surface area contributed by atoms with Crippen LogP contribution in [-0.4, -0.2) is 57.2 Å². The normalized spacial score (nSPS) is 16.3. The summed E-state index contributed by atoms with van der Waals surface area (Å²) in [6.07, 6.45) is 6.22. The molecule has 1 amide bonds. The fraction of sp³-hybridized carbons (Fsp3) is 0.333. The van der Waals surface area contributed by atoms with Crippen molar-refractivity contribution in [1.29, 1.82) is 0 Å². The van der Waals surface area contributed by atoms with Crippen molar-refractivity contribution in [2.45, 2.75) is 12.2 Å². The molecule has 160 valence electrons. The third-order valence-electron chi connectivity index (χ3n) is 5.69. The first kappa shape index (κ1) is 20.1. The van der Waals surface area contributed by atoms with Crippen LogP contribution in [0.15, 0.2) is 42.9 Å². The Hall–Kier alpha value is -2.85. The molecule has 3 aromatic heterocycles. The Morgan fingerprint density at radius 1 is 1.13 bits per heavy atom. The number of thioether (sulfide) groups is 1. The van der Waals surface area contributed by atoms with Crippen LogP contribution in [0.5, 0.6) is 0 Å². The maximum atomic E-state index is 13.6. The lowest BCUT2D eigenvalue weighted by Crippen LogP contribution is -2.49. The zero-order valence-corrected chi connectivity index (χ0v) is 18.4. The number of carbonyl (C=O) groups is 1. The zero-order chi connectivity index (χ0) is 21.4. The molecule has 1 saturated heterocycles. The summed E-state index contributed by atoms with van der Waals surface area (Å²) in [5.74, 6) is 2.83. The van der Waals surface area contributed by atoms with Gasteiger partial charge in [-0.3, -0.25) is 14.9 Å². The van der Waals surface area contributed by atoms with E-state index in [0.717, 1.165) is 28.5 Å². The average molecular weight is 456 g/mol. The molecule has 0 saturated carbocycles. The summed E-state index contributed by atoms with van der Waals surface area (Å²) >= 11 is 3.66. The van der Waals surface area contributed by atoms with Crippen LogP contribution in [0, 0.1) is 10.1 Å². The summed E-state index contributed by atoms with van der Waals surface area (Å²) in [7, 11) is 0. The first-order valence-corrected chi connectivity index (χ1v) is 12.1. The van der Waals surface area contributed by atoms with E-state index in [1.165, 1.54) is 22.7 Å². The van der Waals surface area contributed by atoms with E-state index in [2.05, 4.69) is 14.5 Å². The number of aromatic nitrogens is 2. The molecule has 0 unspecified atom stereocenters. The Labute approximate surface area is 187 Å². The second kappa shape index (κ2) is 8.35. The van der Waals surface area contributed by atoms with Crippen molar-refractivity contribution in [2.24, 2.45) is 0 Å². The van der Waals surface area contributed by atoms with Gasteiger partial charge >= 0.3 is 0 Å². The summed E-state index contributed by atoms with van der Waals surface area (Å²) in [6, 6.07) is 7.11. The number of carbonyl (C=O) groups excluding carboxylic acids is 1. The predicted octanol–water partition coefficient (Wildman–Crippen LogP) is 3.59. The van der Waals surface area contributed by atoms with Gasteiger partial charge in [-0.1, -0.05) is 0 Å². The minimum atomic E-state index is -0.449. The van der Waals surface area contributed by atoms with Crippen LogP contribution < -0.4 is 4.90 Å². The maximum Gasteiger partial charge on any atom is 0.287 e. The number of anilines is 1. The molecular formula is C21H21N5O3S2. The molecule has 0 radical (unpaired) electrons. The van der Waals surface area contributed by atoms with Gasteiger partial charge in [0.1, 0.15) is 17.0 Å². The monoisotopic (exact) mass is 455 g/mol. The SMILES string of the molecule is O=C(c1c(-n2cccc2)sc2c1CCSC2)N1CCN(c2ccc([N+](=O)[O-])cn2)CC1. The van der Waals surface area contributed by atoms with Gasteiger partial charge in [-0.15, -0.1) is 11.3 Å². The zero-order valence-electron chi connectivity index (χ0n) is 16.8. The molecule has 0 atom stereocenters. The van der Waals surface area contributed by atoms with Crippen molar-refractivity contribution < 1.29 is 9.72 Å². The maximum absolute atomic E-state index is 13.6. The lowest BCUT2D eigenvalue weighted by molar-refractivity contribution is -0.385. The number of pyridine rings is 1. The van der Waals surface area contributed by atoms with Gasteiger partial charge in [0.15, 0.2) is 0 Å².